The Bertz CT molecular complexity index is 776. The number of carbonyl (C=O) groups excluding carboxylic acids is 1. The number of carbonyl (C=O) groups is 1. The Morgan fingerprint density at radius 3 is 2.30 bits per heavy atom. The van der Waals surface area contributed by atoms with E-state index >= 15 is 0 Å². The summed E-state index contributed by atoms with van der Waals surface area (Å²) in [6.07, 6.45) is 11.6. The lowest BCUT2D eigenvalue weighted by molar-refractivity contribution is -0.0629. The Balaban J connectivity index is 1.25. The van der Waals surface area contributed by atoms with Crippen molar-refractivity contribution in [1.82, 2.24) is 19.7 Å². The van der Waals surface area contributed by atoms with Crippen LogP contribution in [-0.4, -0.2) is 39.2 Å². The predicted molar refractivity (Wildman–Crippen MR) is 103 cm³/mol. The van der Waals surface area contributed by atoms with Crippen molar-refractivity contribution in [3.05, 3.63) is 48.0 Å². The van der Waals surface area contributed by atoms with Crippen LogP contribution in [0, 0.1) is 23.2 Å². The summed E-state index contributed by atoms with van der Waals surface area (Å²) in [6.45, 7) is 1.60. The molecule has 27 heavy (non-hydrogen) atoms. The van der Waals surface area contributed by atoms with Gasteiger partial charge in [0, 0.05) is 19.2 Å². The largest absolute Gasteiger partial charge is 0.341 e. The van der Waals surface area contributed by atoms with Gasteiger partial charge < -0.3 is 4.90 Å². The summed E-state index contributed by atoms with van der Waals surface area (Å²) in [5.41, 5.74) is 2.30. The number of hydrogen-bond acceptors (Lipinski definition) is 3. The molecule has 142 valence electrons. The quantitative estimate of drug-likeness (QED) is 0.814. The van der Waals surface area contributed by atoms with E-state index in [2.05, 4.69) is 10.1 Å². The van der Waals surface area contributed by atoms with Gasteiger partial charge in [0.1, 0.15) is 12.7 Å². The molecule has 0 aliphatic heterocycles. The van der Waals surface area contributed by atoms with Crippen LogP contribution in [-0.2, 0) is 6.54 Å². The fraction of sp³-hybridized carbons (Fsp3) is 0.591. The molecule has 0 atom stereocenters. The lowest BCUT2D eigenvalue weighted by atomic mass is 9.49. The summed E-state index contributed by atoms with van der Waals surface area (Å²) in [5, 5.41) is 4.13. The molecular weight excluding hydrogens is 336 g/mol. The Labute approximate surface area is 160 Å². The summed E-state index contributed by atoms with van der Waals surface area (Å²) in [4.78, 5) is 18.9. The molecule has 1 aromatic heterocycles. The first-order valence-corrected chi connectivity index (χ1v) is 10.3. The third-order valence-electron chi connectivity index (χ3n) is 7.10. The zero-order chi connectivity index (χ0) is 18.4. The topological polar surface area (TPSA) is 51.0 Å². The van der Waals surface area contributed by atoms with Gasteiger partial charge in [0.05, 0.1) is 6.54 Å². The molecule has 1 amide bonds. The fourth-order valence-corrected chi connectivity index (χ4v) is 6.53. The summed E-state index contributed by atoms with van der Waals surface area (Å²) in [6, 6.07) is 7.94. The fourth-order valence-electron chi connectivity index (χ4n) is 6.53. The molecule has 1 aromatic carbocycles. The molecule has 1 heterocycles. The molecule has 0 spiro atoms. The molecule has 0 saturated heterocycles. The lowest BCUT2D eigenvalue weighted by Crippen LogP contribution is -2.51. The number of rotatable bonds is 5. The standard InChI is InChI=1S/C22H28N4O/c1-25(13-22-9-17-6-18(10-22)8-19(7-17)11-22)21(27)20-4-2-16(3-5-20)12-26-15-23-14-24-26/h2-5,14-15,17-19H,6-13H2,1H3. The average molecular weight is 364 g/mol. The van der Waals surface area contributed by atoms with Gasteiger partial charge in [0.2, 0.25) is 0 Å². The van der Waals surface area contributed by atoms with Gasteiger partial charge in [-0.2, -0.15) is 5.10 Å². The zero-order valence-electron chi connectivity index (χ0n) is 16.1. The molecular formula is C22H28N4O. The number of amides is 1. The maximum Gasteiger partial charge on any atom is 0.253 e. The van der Waals surface area contributed by atoms with Gasteiger partial charge in [-0.3, -0.25) is 4.79 Å². The zero-order valence-corrected chi connectivity index (χ0v) is 16.1. The van der Waals surface area contributed by atoms with Crippen molar-refractivity contribution in [2.45, 2.75) is 45.1 Å². The minimum absolute atomic E-state index is 0.151. The second-order valence-corrected chi connectivity index (χ2v) is 9.37. The number of nitrogens with zero attached hydrogens (tertiary/aromatic N) is 4. The van der Waals surface area contributed by atoms with Gasteiger partial charge in [-0.25, -0.2) is 9.67 Å². The summed E-state index contributed by atoms with van der Waals surface area (Å²) in [7, 11) is 1.99. The van der Waals surface area contributed by atoms with E-state index in [9.17, 15) is 4.79 Å². The molecule has 0 N–H and O–H groups in total. The van der Waals surface area contributed by atoms with Gasteiger partial charge in [-0.05, 0) is 79.4 Å². The Hall–Kier alpha value is -2.17. The van der Waals surface area contributed by atoms with Crippen molar-refractivity contribution in [1.29, 1.82) is 0 Å². The van der Waals surface area contributed by atoms with Crippen LogP contribution in [0.5, 0.6) is 0 Å². The first kappa shape index (κ1) is 17.0. The highest BCUT2D eigenvalue weighted by Crippen LogP contribution is 2.60. The first-order valence-electron chi connectivity index (χ1n) is 10.3. The molecule has 2 aromatic rings. The second kappa shape index (κ2) is 6.47. The SMILES string of the molecule is CN(CC12CC3CC(CC(C3)C1)C2)C(=O)c1ccc(Cn2cncn2)cc1. The monoisotopic (exact) mass is 364 g/mol. The molecule has 5 nitrogen and oxygen atoms in total. The third-order valence-corrected chi connectivity index (χ3v) is 7.10. The van der Waals surface area contributed by atoms with Gasteiger partial charge in [0.25, 0.3) is 5.91 Å². The molecule has 5 heteroatoms. The average Bonchev–Trinajstić information content (AvgIpc) is 3.13. The lowest BCUT2D eigenvalue weighted by Gasteiger charge is -2.57. The minimum Gasteiger partial charge on any atom is -0.341 e. The number of benzene rings is 1. The van der Waals surface area contributed by atoms with Crippen LogP contribution in [0.3, 0.4) is 0 Å². The van der Waals surface area contributed by atoms with Crippen molar-refractivity contribution in [3.63, 3.8) is 0 Å². The normalized spacial score (nSPS) is 31.2. The van der Waals surface area contributed by atoms with Crippen LogP contribution in [0.2, 0.25) is 0 Å². The Kier molecular flexibility index (Phi) is 4.06. The number of aromatic nitrogens is 3. The maximum atomic E-state index is 13.0. The van der Waals surface area contributed by atoms with Crippen molar-refractivity contribution >= 4 is 5.91 Å². The van der Waals surface area contributed by atoms with E-state index in [1.54, 1.807) is 11.0 Å². The smallest absolute Gasteiger partial charge is 0.253 e. The molecule has 4 aliphatic rings. The highest BCUT2D eigenvalue weighted by molar-refractivity contribution is 5.94. The summed E-state index contributed by atoms with van der Waals surface area (Å²) in [5.74, 6) is 2.93. The highest BCUT2D eigenvalue weighted by atomic mass is 16.2. The van der Waals surface area contributed by atoms with Crippen LogP contribution in [0.15, 0.2) is 36.9 Å². The van der Waals surface area contributed by atoms with Crippen molar-refractivity contribution in [2.75, 3.05) is 13.6 Å². The first-order chi connectivity index (χ1) is 13.1. The Morgan fingerprint density at radius 2 is 1.74 bits per heavy atom. The van der Waals surface area contributed by atoms with Crippen LogP contribution >= 0.6 is 0 Å². The molecule has 0 radical (unpaired) electrons. The third kappa shape index (κ3) is 3.28. The van der Waals surface area contributed by atoms with Crippen LogP contribution < -0.4 is 0 Å². The van der Waals surface area contributed by atoms with E-state index < -0.39 is 0 Å². The van der Waals surface area contributed by atoms with Crippen LogP contribution in [0.4, 0.5) is 0 Å². The van der Waals surface area contributed by atoms with Gasteiger partial charge in [-0.15, -0.1) is 0 Å². The van der Waals surface area contributed by atoms with Crippen molar-refractivity contribution in [2.24, 2.45) is 23.2 Å². The van der Waals surface area contributed by atoms with Crippen LogP contribution in [0.25, 0.3) is 0 Å². The molecule has 0 unspecified atom stereocenters. The molecule has 4 fully saturated rings. The maximum absolute atomic E-state index is 13.0. The Morgan fingerprint density at radius 1 is 1.11 bits per heavy atom. The van der Waals surface area contributed by atoms with Crippen LogP contribution in [0.1, 0.15) is 54.4 Å². The summed E-state index contributed by atoms with van der Waals surface area (Å²) < 4.78 is 1.79. The van der Waals surface area contributed by atoms with Crippen molar-refractivity contribution < 1.29 is 4.79 Å². The molecule has 4 saturated carbocycles. The highest BCUT2D eigenvalue weighted by Gasteiger charge is 2.51. The van der Waals surface area contributed by atoms with E-state index in [-0.39, 0.29) is 5.91 Å². The predicted octanol–water partition coefficient (Wildman–Crippen LogP) is 3.61. The van der Waals surface area contributed by atoms with Crippen molar-refractivity contribution in [3.8, 4) is 0 Å². The van der Waals surface area contributed by atoms with E-state index in [4.69, 9.17) is 0 Å². The van der Waals surface area contributed by atoms with E-state index in [0.717, 1.165) is 35.4 Å². The van der Waals surface area contributed by atoms with E-state index in [1.807, 2.05) is 36.2 Å². The van der Waals surface area contributed by atoms with E-state index in [1.165, 1.54) is 44.9 Å². The van der Waals surface area contributed by atoms with Gasteiger partial charge in [-0.1, -0.05) is 12.1 Å². The van der Waals surface area contributed by atoms with Gasteiger partial charge in [0.15, 0.2) is 0 Å². The molecule has 4 aliphatic carbocycles. The second-order valence-electron chi connectivity index (χ2n) is 9.37. The summed E-state index contributed by atoms with van der Waals surface area (Å²) >= 11 is 0. The minimum atomic E-state index is 0.151. The van der Waals surface area contributed by atoms with E-state index in [0.29, 0.717) is 12.0 Å². The van der Waals surface area contributed by atoms with Gasteiger partial charge >= 0.3 is 0 Å². The molecule has 4 bridgehead atoms. The molecule has 6 rings (SSSR count). The number of hydrogen-bond donors (Lipinski definition) is 0.